The van der Waals surface area contributed by atoms with Crippen LogP contribution in [0.1, 0.15) is 16.2 Å². The number of halogens is 2. The molecule has 0 aliphatic carbocycles. The first-order valence-electron chi connectivity index (χ1n) is 5.49. The van der Waals surface area contributed by atoms with Crippen LogP contribution in [-0.4, -0.2) is 10.8 Å². The van der Waals surface area contributed by atoms with Crippen LogP contribution in [0.15, 0.2) is 47.0 Å². The van der Waals surface area contributed by atoms with Crippen LogP contribution in [0.3, 0.4) is 0 Å². The van der Waals surface area contributed by atoms with Crippen molar-refractivity contribution in [3.8, 4) is 0 Å². The minimum absolute atomic E-state index is 0.121. The van der Waals surface area contributed by atoms with Crippen molar-refractivity contribution in [2.24, 2.45) is 0 Å². The van der Waals surface area contributed by atoms with Gasteiger partial charge in [0.15, 0.2) is 5.76 Å². The molecule has 3 rings (SSSR count). The average Bonchev–Trinajstić information content (AvgIpc) is 2.81. The van der Waals surface area contributed by atoms with Crippen molar-refractivity contribution >= 4 is 28.4 Å². The molecule has 94 valence electrons. The van der Waals surface area contributed by atoms with E-state index in [4.69, 9.17) is 16.0 Å². The number of nitrogens with zero attached hydrogens (tertiary/aromatic N) is 1. The van der Waals surface area contributed by atoms with E-state index in [1.54, 1.807) is 6.07 Å². The quantitative estimate of drug-likeness (QED) is 0.667. The highest BCUT2D eigenvalue weighted by Crippen LogP contribution is 2.22. The summed E-state index contributed by atoms with van der Waals surface area (Å²) >= 11 is 5.71. The number of ketones is 1. The largest absolute Gasteiger partial charge is 0.453 e. The van der Waals surface area contributed by atoms with Gasteiger partial charge in [-0.25, -0.2) is 4.39 Å². The zero-order chi connectivity index (χ0) is 13.4. The number of aromatic nitrogens is 1. The molecule has 0 radical (unpaired) electrons. The first-order valence-corrected chi connectivity index (χ1v) is 5.86. The molecule has 0 N–H and O–H groups in total. The predicted octanol–water partition coefficient (Wildman–Crippen LogP) is 3.85. The van der Waals surface area contributed by atoms with Gasteiger partial charge in [0.2, 0.25) is 5.78 Å². The van der Waals surface area contributed by atoms with Crippen LogP contribution in [0.5, 0.6) is 0 Å². The van der Waals surface area contributed by atoms with Crippen LogP contribution in [0, 0.1) is 5.82 Å². The highest BCUT2D eigenvalue weighted by Gasteiger charge is 2.16. The highest BCUT2D eigenvalue weighted by atomic mass is 35.5. The first-order chi connectivity index (χ1) is 9.13. The summed E-state index contributed by atoms with van der Waals surface area (Å²) in [5, 5.41) is 0.987. The highest BCUT2D eigenvalue weighted by molar-refractivity contribution is 6.30. The molecule has 1 aromatic carbocycles. The fourth-order valence-corrected chi connectivity index (χ4v) is 1.87. The van der Waals surface area contributed by atoms with Crippen molar-refractivity contribution in [3.63, 3.8) is 0 Å². The minimum Gasteiger partial charge on any atom is -0.453 e. The average molecular weight is 276 g/mol. The summed E-state index contributed by atoms with van der Waals surface area (Å²) in [6, 6.07) is 8.65. The Balaban J connectivity index is 2.04. The van der Waals surface area contributed by atoms with Gasteiger partial charge in [-0.15, -0.1) is 0 Å². The maximum absolute atomic E-state index is 13.1. The molecule has 5 heteroatoms. The normalized spacial score (nSPS) is 10.8. The molecule has 0 unspecified atom stereocenters. The lowest BCUT2D eigenvalue weighted by molar-refractivity contribution is 0.101. The Morgan fingerprint density at radius 2 is 2.05 bits per heavy atom. The van der Waals surface area contributed by atoms with Crippen molar-refractivity contribution < 1.29 is 13.6 Å². The Hall–Kier alpha value is -2.20. The number of furan rings is 1. The molecule has 0 saturated heterocycles. The Bertz CT molecular complexity index is 765. The van der Waals surface area contributed by atoms with Crippen LogP contribution in [0.2, 0.25) is 5.02 Å². The number of hydrogen-bond donors (Lipinski definition) is 0. The van der Waals surface area contributed by atoms with Gasteiger partial charge in [-0.2, -0.15) is 0 Å². The molecule has 0 spiro atoms. The second-order valence-corrected chi connectivity index (χ2v) is 4.42. The zero-order valence-electron chi connectivity index (χ0n) is 9.56. The number of hydrogen-bond acceptors (Lipinski definition) is 3. The van der Waals surface area contributed by atoms with Crippen LogP contribution in [-0.2, 0) is 0 Å². The van der Waals surface area contributed by atoms with Crippen LogP contribution in [0.4, 0.5) is 4.39 Å². The minimum atomic E-state index is -0.378. The predicted molar refractivity (Wildman–Crippen MR) is 68.9 cm³/mol. The molecule has 3 nitrogen and oxygen atoms in total. The summed E-state index contributed by atoms with van der Waals surface area (Å²) in [6.07, 6.45) is 1.39. The van der Waals surface area contributed by atoms with E-state index in [-0.39, 0.29) is 23.1 Å². The van der Waals surface area contributed by atoms with Crippen molar-refractivity contribution in [2.45, 2.75) is 0 Å². The van der Waals surface area contributed by atoms with E-state index in [9.17, 15) is 9.18 Å². The van der Waals surface area contributed by atoms with Gasteiger partial charge >= 0.3 is 0 Å². The maximum Gasteiger partial charge on any atom is 0.246 e. The molecule has 0 saturated carbocycles. The number of carbonyl (C=O) groups excluding carboxylic acids is 1. The molecular formula is C14H7ClFNO2. The number of pyridine rings is 1. The summed E-state index contributed by atoms with van der Waals surface area (Å²) in [4.78, 5) is 16.0. The third kappa shape index (κ3) is 2.22. The number of fused-ring (bicyclic) bond motifs is 1. The Morgan fingerprint density at radius 3 is 2.79 bits per heavy atom. The zero-order valence-corrected chi connectivity index (χ0v) is 10.3. The van der Waals surface area contributed by atoms with Crippen molar-refractivity contribution in [1.29, 1.82) is 0 Å². The summed E-state index contributed by atoms with van der Waals surface area (Å²) in [6.45, 7) is 0. The Morgan fingerprint density at radius 1 is 1.21 bits per heavy atom. The number of carbonyl (C=O) groups is 1. The third-order valence-corrected chi connectivity index (χ3v) is 2.89. The van der Waals surface area contributed by atoms with Gasteiger partial charge in [0.1, 0.15) is 17.1 Å². The van der Waals surface area contributed by atoms with Gasteiger partial charge in [-0.3, -0.25) is 9.78 Å². The van der Waals surface area contributed by atoms with Crippen molar-refractivity contribution in [3.05, 3.63) is 64.9 Å². The second kappa shape index (κ2) is 4.48. The second-order valence-electron chi connectivity index (χ2n) is 3.98. The summed E-state index contributed by atoms with van der Waals surface area (Å²) < 4.78 is 18.4. The van der Waals surface area contributed by atoms with E-state index in [1.807, 2.05) is 0 Å². The monoisotopic (exact) mass is 275 g/mol. The lowest BCUT2D eigenvalue weighted by atomic mass is 10.2. The van der Waals surface area contributed by atoms with Gasteiger partial charge in [-0.05, 0) is 36.4 Å². The molecule has 0 fully saturated rings. The third-order valence-electron chi connectivity index (χ3n) is 2.66. The van der Waals surface area contributed by atoms with Crippen LogP contribution in [0.25, 0.3) is 11.0 Å². The molecule has 3 aromatic rings. The van der Waals surface area contributed by atoms with Crippen LogP contribution < -0.4 is 0 Å². The summed E-state index contributed by atoms with van der Waals surface area (Å²) in [7, 11) is 0. The van der Waals surface area contributed by atoms with E-state index in [0.29, 0.717) is 16.0 Å². The summed E-state index contributed by atoms with van der Waals surface area (Å²) in [5.74, 6) is -0.624. The molecule has 0 aliphatic heterocycles. The molecule has 19 heavy (non-hydrogen) atoms. The van der Waals surface area contributed by atoms with Crippen molar-refractivity contribution in [2.75, 3.05) is 0 Å². The van der Waals surface area contributed by atoms with Gasteiger partial charge < -0.3 is 4.42 Å². The Labute approximate surface area is 112 Å². The maximum atomic E-state index is 13.1. The standard InChI is InChI=1S/C14H7ClFNO2/c15-9-1-3-11(17-7-9)14(18)13-6-8-5-10(16)2-4-12(8)19-13/h1-7H. The van der Waals surface area contributed by atoms with E-state index < -0.39 is 0 Å². The molecular weight excluding hydrogens is 269 g/mol. The molecule has 2 aromatic heterocycles. The summed E-state index contributed by atoms with van der Waals surface area (Å²) in [5.41, 5.74) is 0.683. The van der Waals surface area contributed by atoms with Crippen molar-refractivity contribution in [1.82, 2.24) is 4.98 Å². The fourth-order valence-electron chi connectivity index (χ4n) is 1.76. The van der Waals surface area contributed by atoms with E-state index in [0.717, 1.165) is 0 Å². The topological polar surface area (TPSA) is 43.1 Å². The van der Waals surface area contributed by atoms with E-state index >= 15 is 0 Å². The Kier molecular flexibility index (Phi) is 2.80. The van der Waals surface area contributed by atoms with Gasteiger partial charge in [0, 0.05) is 11.6 Å². The first kappa shape index (κ1) is 11.9. The molecule has 2 heterocycles. The molecule has 0 aliphatic rings. The van der Waals surface area contributed by atoms with Gasteiger partial charge in [0.25, 0.3) is 0 Å². The van der Waals surface area contributed by atoms with E-state index in [2.05, 4.69) is 4.98 Å². The molecule has 0 atom stereocenters. The number of rotatable bonds is 2. The smallest absolute Gasteiger partial charge is 0.246 e. The molecule has 0 bridgehead atoms. The van der Waals surface area contributed by atoms with Crippen LogP contribution >= 0.6 is 11.6 Å². The number of benzene rings is 1. The van der Waals surface area contributed by atoms with Gasteiger partial charge in [-0.1, -0.05) is 11.6 Å². The van der Waals surface area contributed by atoms with E-state index in [1.165, 1.54) is 36.5 Å². The van der Waals surface area contributed by atoms with Gasteiger partial charge in [0.05, 0.1) is 5.02 Å². The lowest BCUT2D eigenvalue weighted by Gasteiger charge is -1.96. The lowest BCUT2D eigenvalue weighted by Crippen LogP contribution is -2.01. The fraction of sp³-hybridized carbons (Fsp3) is 0. The molecule has 0 amide bonds. The SMILES string of the molecule is O=C(c1ccc(Cl)cn1)c1cc2cc(F)ccc2o1.